The molecular weight excluding hydrogens is 472 g/mol. The second-order valence-electron chi connectivity index (χ2n) is 7.81. The molecule has 3 heterocycles. The smallest absolute Gasteiger partial charge is 0.234 e. The summed E-state index contributed by atoms with van der Waals surface area (Å²) in [6.45, 7) is 1.96. The summed E-state index contributed by atoms with van der Waals surface area (Å²) in [5, 5.41) is 11.9. The van der Waals surface area contributed by atoms with E-state index >= 15 is 0 Å². The third kappa shape index (κ3) is 3.13. The zero-order valence-corrected chi connectivity index (χ0v) is 18.5. The molecule has 30 heavy (non-hydrogen) atoms. The predicted octanol–water partition coefficient (Wildman–Crippen LogP) is 3.33. The molecule has 3 amide bonds. The second kappa shape index (κ2) is 7.42. The van der Waals surface area contributed by atoms with E-state index < -0.39 is 6.04 Å². The summed E-state index contributed by atoms with van der Waals surface area (Å²) in [7, 11) is 0. The predicted molar refractivity (Wildman–Crippen MR) is 111 cm³/mol. The number of halogens is 1. The molecule has 2 aromatic heterocycles. The largest absolute Gasteiger partial charge is 0.452 e. The average Bonchev–Trinajstić information content (AvgIpc) is 3.51. The number of aryl methyl sites for hydroxylation is 1. The standard InChI is InChI=1S/C20H19BrN4O4S/c1-2-15-23-24-20(30-15)22-14(26)8-11(12-5-6-13(21)29-12)25-18(27)16-9-3-4-10(7-9)17(16)19(25)28/h3-6,9-11,16-17H,2,7-8H2,1H3,(H,22,24,26). The molecule has 5 unspecified atom stereocenters. The third-order valence-electron chi connectivity index (χ3n) is 6.13. The number of imide groups is 1. The summed E-state index contributed by atoms with van der Waals surface area (Å²) in [6, 6.07) is 2.57. The fourth-order valence-electron chi connectivity index (χ4n) is 4.85. The van der Waals surface area contributed by atoms with Crippen molar-refractivity contribution in [2.75, 3.05) is 5.32 Å². The first-order valence-corrected chi connectivity index (χ1v) is 11.5. The number of aromatic nitrogens is 2. The summed E-state index contributed by atoms with van der Waals surface area (Å²) < 4.78 is 6.14. The Kier molecular flexibility index (Phi) is 4.85. The number of likely N-dealkylation sites (tertiary alicyclic amines) is 1. The molecule has 2 bridgehead atoms. The molecule has 156 valence electrons. The van der Waals surface area contributed by atoms with Crippen LogP contribution < -0.4 is 5.32 Å². The van der Waals surface area contributed by atoms with Gasteiger partial charge in [-0.15, -0.1) is 10.2 Å². The molecule has 0 radical (unpaired) electrons. The van der Waals surface area contributed by atoms with Crippen LogP contribution in [0, 0.1) is 23.7 Å². The fraction of sp³-hybridized carbons (Fsp3) is 0.450. The SMILES string of the molecule is CCc1nnc(NC(=O)CC(c2ccc(Br)o2)N2C(=O)C3C4C=CC(C4)C3C2=O)s1. The Morgan fingerprint density at radius 1 is 1.27 bits per heavy atom. The Balaban J connectivity index is 1.41. The van der Waals surface area contributed by atoms with Gasteiger partial charge in [-0.3, -0.25) is 19.3 Å². The fourth-order valence-corrected chi connectivity index (χ4v) is 5.87. The molecule has 10 heteroatoms. The van der Waals surface area contributed by atoms with E-state index in [1.807, 2.05) is 19.1 Å². The minimum atomic E-state index is -0.806. The van der Waals surface area contributed by atoms with Crippen molar-refractivity contribution in [3.05, 3.63) is 39.7 Å². The molecule has 3 aliphatic rings. The molecule has 0 spiro atoms. The van der Waals surface area contributed by atoms with Crippen LogP contribution in [0.1, 0.15) is 36.6 Å². The number of hydrogen-bond acceptors (Lipinski definition) is 7. The van der Waals surface area contributed by atoms with Crippen LogP contribution >= 0.6 is 27.3 Å². The van der Waals surface area contributed by atoms with Crippen LogP contribution in [0.15, 0.2) is 33.4 Å². The van der Waals surface area contributed by atoms with Crippen LogP contribution in [0.3, 0.4) is 0 Å². The van der Waals surface area contributed by atoms with Gasteiger partial charge in [-0.2, -0.15) is 0 Å². The molecule has 2 aromatic rings. The maximum Gasteiger partial charge on any atom is 0.234 e. The lowest BCUT2D eigenvalue weighted by molar-refractivity contribution is -0.144. The number of carbonyl (C=O) groups excluding carboxylic acids is 3. The highest BCUT2D eigenvalue weighted by Crippen LogP contribution is 2.54. The van der Waals surface area contributed by atoms with E-state index in [1.54, 1.807) is 12.1 Å². The maximum absolute atomic E-state index is 13.3. The highest BCUT2D eigenvalue weighted by atomic mass is 79.9. The molecule has 1 N–H and O–H groups in total. The van der Waals surface area contributed by atoms with E-state index in [1.165, 1.54) is 16.2 Å². The topological polar surface area (TPSA) is 105 Å². The molecule has 2 fully saturated rings. The molecule has 8 nitrogen and oxygen atoms in total. The van der Waals surface area contributed by atoms with Crippen molar-refractivity contribution in [1.82, 2.24) is 15.1 Å². The van der Waals surface area contributed by atoms with Crippen molar-refractivity contribution in [3.63, 3.8) is 0 Å². The van der Waals surface area contributed by atoms with Gasteiger partial charge in [0.15, 0.2) is 4.67 Å². The van der Waals surface area contributed by atoms with Crippen molar-refractivity contribution in [3.8, 4) is 0 Å². The minimum Gasteiger partial charge on any atom is -0.452 e. The van der Waals surface area contributed by atoms with Crippen molar-refractivity contribution in [2.24, 2.45) is 23.7 Å². The Morgan fingerprint density at radius 3 is 2.53 bits per heavy atom. The highest BCUT2D eigenvalue weighted by molar-refractivity contribution is 9.10. The van der Waals surface area contributed by atoms with E-state index in [0.717, 1.165) is 17.8 Å². The summed E-state index contributed by atoms with van der Waals surface area (Å²) in [4.78, 5) is 40.5. The quantitative estimate of drug-likeness (QED) is 0.491. The minimum absolute atomic E-state index is 0.105. The molecule has 1 saturated carbocycles. The number of nitrogens with zero attached hydrogens (tertiary/aromatic N) is 3. The van der Waals surface area contributed by atoms with Gasteiger partial charge >= 0.3 is 0 Å². The van der Waals surface area contributed by atoms with Gasteiger partial charge in [0, 0.05) is 0 Å². The molecule has 1 saturated heterocycles. The zero-order chi connectivity index (χ0) is 21.0. The van der Waals surface area contributed by atoms with Gasteiger partial charge in [0.25, 0.3) is 0 Å². The molecule has 5 atom stereocenters. The number of anilines is 1. The van der Waals surface area contributed by atoms with Crippen molar-refractivity contribution in [2.45, 2.75) is 32.2 Å². The molecule has 0 aromatic carbocycles. The van der Waals surface area contributed by atoms with Gasteiger partial charge in [-0.25, -0.2) is 0 Å². The molecular formula is C20H19BrN4O4S. The van der Waals surface area contributed by atoms with E-state index in [-0.39, 0.29) is 47.8 Å². The van der Waals surface area contributed by atoms with E-state index in [2.05, 4.69) is 31.4 Å². The summed E-state index contributed by atoms with van der Waals surface area (Å²) in [5.41, 5.74) is 0. The number of hydrogen-bond donors (Lipinski definition) is 1. The van der Waals surface area contributed by atoms with Gasteiger partial charge in [0.05, 0.1) is 18.3 Å². The number of furan rings is 1. The van der Waals surface area contributed by atoms with Crippen molar-refractivity contribution in [1.29, 1.82) is 0 Å². The highest BCUT2D eigenvalue weighted by Gasteiger charge is 2.60. The van der Waals surface area contributed by atoms with Crippen LogP contribution in [0.5, 0.6) is 0 Å². The number of nitrogens with one attached hydrogen (secondary N) is 1. The zero-order valence-electron chi connectivity index (χ0n) is 16.1. The third-order valence-corrected chi connectivity index (χ3v) is 7.54. The van der Waals surface area contributed by atoms with E-state index in [4.69, 9.17) is 4.42 Å². The summed E-state index contributed by atoms with van der Waals surface area (Å²) in [5.74, 6) is -0.831. The number of rotatable bonds is 6. The van der Waals surface area contributed by atoms with Crippen molar-refractivity contribution < 1.29 is 18.8 Å². The van der Waals surface area contributed by atoms with Gasteiger partial charge in [0.2, 0.25) is 22.9 Å². The van der Waals surface area contributed by atoms with Crippen LogP contribution in [-0.4, -0.2) is 32.8 Å². The second-order valence-corrected chi connectivity index (χ2v) is 9.65. The maximum atomic E-state index is 13.3. The van der Waals surface area contributed by atoms with Crippen LogP contribution in [0.2, 0.25) is 0 Å². The lowest BCUT2D eigenvalue weighted by Gasteiger charge is -2.25. The lowest BCUT2D eigenvalue weighted by Crippen LogP contribution is -2.38. The Labute approximate surface area is 184 Å². The monoisotopic (exact) mass is 490 g/mol. The van der Waals surface area contributed by atoms with E-state index in [9.17, 15) is 14.4 Å². The number of amides is 3. The van der Waals surface area contributed by atoms with Gasteiger partial charge in [0.1, 0.15) is 16.8 Å². The number of carbonyl (C=O) groups is 3. The van der Waals surface area contributed by atoms with Crippen LogP contribution in [0.25, 0.3) is 0 Å². The average molecular weight is 491 g/mol. The van der Waals surface area contributed by atoms with Crippen molar-refractivity contribution >= 4 is 50.1 Å². The molecule has 5 rings (SSSR count). The summed E-state index contributed by atoms with van der Waals surface area (Å²) in [6.07, 6.45) is 5.57. The Morgan fingerprint density at radius 2 is 1.97 bits per heavy atom. The van der Waals surface area contributed by atoms with Crippen LogP contribution in [-0.2, 0) is 20.8 Å². The van der Waals surface area contributed by atoms with E-state index in [0.29, 0.717) is 15.6 Å². The first-order chi connectivity index (χ1) is 14.5. The van der Waals surface area contributed by atoms with Gasteiger partial charge in [-0.05, 0) is 52.7 Å². The first-order valence-electron chi connectivity index (χ1n) is 9.89. The molecule has 1 aliphatic heterocycles. The van der Waals surface area contributed by atoms with Gasteiger partial charge in [-0.1, -0.05) is 30.4 Å². The summed E-state index contributed by atoms with van der Waals surface area (Å²) >= 11 is 4.57. The Hall–Kier alpha value is -2.33. The number of allylic oxidation sites excluding steroid dienone is 2. The Bertz CT molecular complexity index is 1030. The lowest BCUT2D eigenvalue weighted by atomic mass is 9.85. The van der Waals surface area contributed by atoms with Gasteiger partial charge < -0.3 is 9.73 Å². The number of fused-ring (bicyclic) bond motifs is 5. The first kappa shape index (κ1) is 19.6. The molecule has 2 aliphatic carbocycles. The van der Waals surface area contributed by atoms with Crippen LogP contribution in [0.4, 0.5) is 5.13 Å². The normalized spacial score (nSPS) is 27.7.